The van der Waals surface area contributed by atoms with E-state index in [1.165, 1.54) is 27.4 Å². The Labute approximate surface area is 234 Å². The minimum atomic E-state index is -1.00. The van der Waals surface area contributed by atoms with Gasteiger partial charge in [0.05, 0.1) is 32.1 Å². The number of rotatable bonds is 4. The normalized spacial score (nSPS) is 32.6. The van der Waals surface area contributed by atoms with Crippen LogP contribution < -0.4 is 11.1 Å². The number of hydrogen-bond acceptors (Lipinski definition) is 9. The molecule has 1 aliphatic carbocycles. The van der Waals surface area contributed by atoms with Gasteiger partial charge in [-0.1, -0.05) is 39.0 Å². The van der Waals surface area contributed by atoms with Gasteiger partial charge < -0.3 is 35.1 Å². The zero-order valence-corrected chi connectivity index (χ0v) is 24.1. The molecule has 0 radical (unpaired) electrons. The third-order valence-corrected chi connectivity index (χ3v) is 6.94. The first kappa shape index (κ1) is 32.5. The lowest BCUT2D eigenvalue weighted by Gasteiger charge is -2.29. The van der Waals surface area contributed by atoms with Gasteiger partial charge in [0.2, 0.25) is 11.6 Å². The molecule has 2 rings (SSSR count). The third kappa shape index (κ3) is 8.15. The van der Waals surface area contributed by atoms with Gasteiger partial charge >= 0.3 is 6.09 Å². The number of carbonyl (C=O) groups excluding carboxylic acids is 4. The van der Waals surface area contributed by atoms with Crippen molar-refractivity contribution in [3.8, 4) is 0 Å². The van der Waals surface area contributed by atoms with E-state index in [0.717, 1.165) is 6.08 Å². The Morgan fingerprint density at radius 1 is 1.07 bits per heavy atom. The van der Waals surface area contributed by atoms with Gasteiger partial charge in [0.25, 0.3) is 5.91 Å². The third-order valence-electron chi connectivity index (χ3n) is 6.94. The average Bonchev–Trinajstić information content (AvgIpc) is 2.90. The van der Waals surface area contributed by atoms with Crippen molar-refractivity contribution in [3.05, 3.63) is 58.7 Å². The van der Waals surface area contributed by atoms with E-state index in [1.807, 2.05) is 6.92 Å². The zero-order valence-electron chi connectivity index (χ0n) is 24.1. The van der Waals surface area contributed by atoms with E-state index in [1.54, 1.807) is 39.0 Å². The molecule has 2 aliphatic rings. The fourth-order valence-corrected chi connectivity index (χ4v) is 4.68. The molecule has 11 heteroatoms. The number of allylic oxidation sites excluding steroid dienone is 4. The van der Waals surface area contributed by atoms with Gasteiger partial charge in [-0.25, -0.2) is 4.79 Å². The van der Waals surface area contributed by atoms with Crippen molar-refractivity contribution in [1.29, 1.82) is 0 Å². The monoisotopic (exact) mass is 560 g/mol. The summed E-state index contributed by atoms with van der Waals surface area (Å²) in [6.45, 7) is 6.93. The molecule has 0 aromatic carbocycles. The number of ether oxygens (including phenoxy) is 4. The van der Waals surface area contributed by atoms with Crippen molar-refractivity contribution in [2.24, 2.45) is 23.5 Å². The van der Waals surface area contributed by atoms with Gasteiger partial charge in [-0.2, -0.15) is 0 Å². The Hall–Kier alpha value is -3.70. The lowest BCUT2D eigenvalue weighted by atomic mass is 9.85. The molecule has 0 spiro atoms. The number of aliphatic hydroxyl groups excluding tert-OH is 1. The van der Waals surface area contributed by atoms with Crippen molar-refractivity contribution in [1.82, 2.24) is 5.32 Å². The summed E-state index contributed by atoms with van der Waals surface area (Å²) in [5.41, 5.74) is 5.56. The fraction of sp³-hybridized carbons (Fsp3) is 0.517. The second kappa shape index (κ2) is 14.6. The molecule has 0 saturated carbocycles. The van der Waals surface area contributed by atoms with Crippen molar-refractivity contribution in [3.63, 3.8) is 0 Å². The van der Waals surface area contributed by atoms with Crippen LogP contribution in [0.3, 0.4) is 0 Å². The van der Waals surface area contributed by atoms with Gasteiger partial charge in [-0.3, -0.25) is 14.4 Å². The molecule has 2 bridgehead atoms. The highest BCUT2D eigenvalue weighted by Crippen LogP contribution is 2.29. The predicted octanol–water partition coefficient (Wildman–Crippen LogP) is 2.61. The largest absolute Gasteiger partial charge is 0.497 e. The first-order valence-corrected chi connectivity index (χ1v) is 13.0. The highest BCUT2D eigenvalue weighted by molar-refractivity contribution is 6.23. The number of primary amides is 1. The smallest absolute Gasteiger partial charge is 0.405 e. The summed E-state index contributed by atoms with van der Waals surface area (Å²) in [5.74, 6) is -2.62. The molecule has 0 aromatic heterocycles. The van der Waals surface area contributed by atoms with Crippen LogP contribution >= 0.6 is 0 Å². The van der Waals surface area contributed by atoms with Crippen LogP contribution in [0, 0.1) is 17.8 Å². The highest BCUT2D eigenvalue weighted by Gasteiger charge is 2.34. The molecule has 11 nitrogen and oxygen atoms in total. The molecule has 0 aromatic rings. The number of nitrogens with two attached hydrogens (primary N) is 1. The average molecular weight is 561 g/mol. The number of ketones is 2. The Balaban J connectivity index is 2.60. The minimum Gasteiger partial charge on any atom is -0.497 e. The number of hydrogen-bond donors (Lipinski definition) is 3. The molecule has 0 fully saturated rings. The first-order valence-electron chi connectivity index (χ1n) is 13.0. The van der Waals surface area contributed by atoms with Gasteiger partial charge in [-0.15, -0.1) is 0 Å². The summed E-state index contributed by atoms with van der Waals surface area (Å²) in [4.78, 5) is 50.6. The van der Waals surface area contributed by atoms with Crippen molar-refractivity contribution < 1.29 is 43.2 Å². The topological polar surface area (TPSA) is 163 Å². The predicted molar refractivity (Wildman–Crippen MR) is 146 cm³/mol. The molecule has 2 amide bonds. The second-order valence-corrected chi connectivity index (χ2v) is 10.1. The quantitative estimate of drug-likeness (QED) is 0.439. The number of Topliss-reactive ketones (excluding diaryl/α,β-unsaturated/α-hetero) is 1. The zero-order chi connectivity index (χ0) is 30.1. The van der Waals surface area contributed by atoms with E-state index in [0.29, 0.717) is 6.42 Å². The maximum Gasteiger partial charge on any atom is 0.405 e. The Kier molecular flexibility index (Phi) is 11.9. The minimum absolute atomic E-state index is 0.0824. The lowest BCUT2D eigenvalue weighted by molar-refractivity contribution is -0.120. The summed E-state index contributed by atoms with van der Waals surface area (Å²) in [6, 6.07) is 0. The van der Waals surface area contributed by atoms with Crippen LogP contribution in [0.25, 0.3) is 0 Å². The van der Waals surface area contributed by atoms with Crippen LogP contribution in [-0.2, 0) is 33.3 Å². The van der Waals surface area contributed by atoms with Gasteiger partial charge in [0.15, 0.2) is 11.9 Å². The molecule has 1 heterocycles. The number of amides is 2. The number of fused-ring (bicyclic) bond motifs is 2. The van der Waals surface area contributed by atoms with Crippen molar-refractivity contribution in [2.75, 3.05) is 21.3 Å². The van der Waals surface area contributed by atoms with Crippen molar-refractivity contribution in [2.45, 2.75) is 58.8 Å². The highest BCUT2D eigenvalue weighted by atomic mass is 16.6. The number of nitrogens with one attached hydrogen (secondary N) is 1. The Bertz CT molecular complexity index is 1150. The molecule has 4 N–H and O–H groups in total. The van der Waals surface area contributed by atoms with Crippen LogP contribution in [0.1, 0.15) is 40.5 Å². The van der Waals surface area contributed by atoms with Gasteiger partial charge in [0, 0.05) is 36.2 Å². The number of aliphatic hydroxyl groups is 1. The van der Waals surface area contributed by atoms with Gasteiger partial charge in [-0.05, 0) is 31.8 Å². The van der Waals surface area contributed by atoms with E-state index < -0.39 is 53.7 Å². The van der Waals surface area contributed by atoms with Crippen LogP contribution in [0.5, 0.6) is 0 Å². The molecule has 1 unspecified atom stereocenters. The SMILES string of the molecule is COC1=C2C[C@@H](C)C[C@H](OC)[C@H](O)[C@@H](C)/C=C(\OC)[C@@H](OC(N)=O)C(C)/C=C\C=C(/C)C(=O)NC(=CC1=O)C2=O. The molecular weight excluding hydrogens is 520 g/mol. The van der Waals surface area contributed by atoms with E-state index in [9.17, 15) is 24.3 Å². The van der Waals surface area contributed by atoms with E-state index in [-0.39, 0.29) is 40.7 Å². The second-order valence-electron chi connectivity index (χ2n) is 10.1. The van der Waals surface area contributed by atoms with E-state index >= 15 is 0 Å². The van der Waals surface area contributed by atoms with Crippen LogP contribution in [0.2, 0.25) is 0 Å². The van der Waals surface area contributed by atoms with Crippen LogP contribution in [-0.4, -0.2) is 68.3 Å². The molecule has 220 valence electrons. The molecule has 1 aliphatic heterocycles. The van der Waals surface area contributed by atoms with Crippen molar-refractivity contribution >= 4 is 23.6 Å². The van der Waals surface area contributed by atoms with E-state index in [4.69, 9.17) is 24.7 Å². The van der Waals surface area contributed by atoms with E-state index in [2.05, 4.69) is 5.32 Å². The Morgan fingerprint density at radius 2 is 1.75 bits per heavy atom. The molecule has 6 atom stereocenters. The standard InChI is InChI=1S/C29H40N2O9/c1-15-11-19-25(34)20(14-21(32)27(19)39-7)31-28(35)17(3)10-8-9-16(2)26(40-29(30)36)23(38-6)13-18(4)24(33)22(12-15)37-5/h8-10,13-16,18,22,24,26,33H,11-12H2,1-7H3,(H2,30,36)(H,31,35)/b9-8-,17-10+,23-13-/t15-,16?,18+,22+,24-,26+/m1/s1. The fourth-order valence-electron chi connectivity index (χ4n) is 4.68. The molecule has 40 heavy (non-hydrogen) atoms. The lowest BCUT2D eigenvalue weighted by Crippen LogP contribution is -2.36. The maximum atomic E-state index is 13.3. The number of methoxy groups -OCH3 is 3. The first-order chi connectivity index (χ1) is 18.8. The maximum absolute atomic E-state index is 13.3. The van der Waals surface area contributed by atoms with Crippen LogP contribution in [0.4, 0.5) is 4.79 Å². The summed E-state index contributed by atoms with van der Waals surface area (Å²) in [5, 5.41) is 13.7. The number of carbonyl (C=O) groups is 4. The molecule has 0 saturated heterocycles. The summed E-state index contributed by atoms with van der Waals surface area (Å²) in [6.07, 6.45) is 4.39. The van der Waals surface area contributed by atoms with Crippen LogP contribution in [0.15, 0.2) is 58.7 Å². The summed E-state index contributed by atoms with van der Waals surface area (Å²) >= 11 is 0. The summed E-state index contributed by atoms with van der Waals surface area (Å²) < 4.78 is 21.7. The molecular formula is C29H40N2O9. The Morgan fingerprint density at radius 3 is 2.33 bits per heavy atom. The van der Waals surface area contributed by atoms with Gasteiger partial charge in [0.1, 0.15) is 5.76 Å². The summed E-state index contributed by atoms with van der Waals surface area (Å²) in [7, 11) is 4.20.